The van der Waals surface area contributed by atoms with Crippen LogP contribution in [0.15, 0.2) is 71.6 Å². The second kappa shape index (κ2) is 11.2. The van der Waals surface area contributed by atoms with Gasteiger partial charge in [-0.25, -0.2) is 12.8 Å². The fraction of sp³-hybridized carbons (Fsp3) is 0.321. The summed E-state index contributed by atoms with van der Waals surface area (Å²) in [6, 6.07) is 17.4. The monoisotopic (exact) mass is 556 g/mol. The summed E-state index contributed by atoms with van der Waals surface area (Å²) in [7, 11) is -2.42. The predicted molar refractivity (Wildman–Crippen MR) is 141 cm³/mol. The highest BCUT2D eigenvalue weighted by atomic mass is 32.2. The molecule has 3 aromatic rings. The molecular formula is C28H29FN2O7S. The van der Waals surface area contributed by atoms with Crippen LogP contribution in [0, 0.1) is 5.82 Å². The maximum Gasteiger partial charge on any atom is 0.262 e. The van der Waals surface area contributed by atoms with Crippen LogP contribution in [0.2, 0.25) is 0 Å². The van der Waals surface area contributed by atoms with Crippen LogP contribution >= 0.6 is 0 Å². The molecule has 5 rings (SSSR count). The van der Waals surface area contributed by atoms with Crippen molar-refractivity contribution in [3.63, 3.8) is 0 Å². The lowest BCUT2D eigenvalue weighted by molar-refractivity contribution is -0.142. The molecule has 0 aliphatic carbocycles. The van der Waals surface area contributed by atoms with Crippen LogP contribution in [0.25, 0.3) is 0 Å². The first-order chi connectivity index (χ1) is 18.8. The molecule has 1 saturated heterocycles. The number of fused-ring (bicyclic) bond motifs is 3. The molecule has 2 aliphatic heterocycles. The molecule has 0 saturated carbocycles. The zero-order valence-electron chi connectivity index (χ0n) is 21.2. The Balaban J connectivity index is 1.29. The average molecular weight is 557 g/mol. The number of aliphatic hydroxyl groups excluding tert-OH is 1. The van der Waals surface area contributed by atoms with Gasteiger partial charge < -0.3 is 24.6 Å². The van der Waals surface area contributed by atoms with E-state index in [1.54, 1.807) is 48.5 Å². The van der Waals surface area contributed by atoms with E-state index in [1.807, 2.05) is 0 Å². The van der Waals surface area contributed by atoms with E-state index in [4.69, 9.17) is 14.2 Å². The highest BCUT2D eigenvalue weighted by Gasteiger charge is 2.46. The summed E-state index contributed by atoms with van der Waals surface area (Å²) in [5, 5.41) is 12.7. The van der Waals surface area contributed by atoms with Crippen LogP contribution in [0.4, 0.5) is 10.1 Å². The summed E-state index contributed by atoms with van der Waals surface area (Å²) in [5.41, 5.74) is 1.50. The molecule has 0 unspecified atom stereocenters. The second-order valence-corrected chi connectivity index (χ2v) is 11.2. The highest BCUT2D eigenvalue weighted by molar-refractivity contribution is 7.92. The summed E-state index contributed by atoms with van der Waals surface area (Å²) in [6.45, 7) is -0.256. The van der Waals surface area contributed by atoms with Crippen molar-refractivity contribution in [2.45, 2.75) is 48.5 Å². The van der Waals surface area contributed by atoms with Gasteiger partial charge in [0, 0.05) is 35.3 Å². The Morgan fingerprint density at radius 3 is 2.72 bits per heavy atom. The number of halogens is 1. The third-order valence-electron chi connectivity index (χ3n) is 6.95. The van der Waals surface area contributed by atoms with Crippen molar-refractivity contribution in [3.05, 3.63) is 83.7 Å². The number of sulfonamides is 1. The van der Waals surface area contributed by atoms with Gasteiger partial charge in [-0.3, -0.25) is 9.52 Å². The van der Waals surface area contributed by atoms with Crippen molar-refractivity contribution in [1.29, 1.82) is 0 Å². The Bertz CT molecular complexity index is 1470. The predicted octanol–water partition coefficient (Wildman–Crippen LogP) is 3.34. The average Bonchev–Trinajstić information content (AvgIpc) is 3.30. The number of anilines is 1. The number of carbonyl (C=O) groups is 1. The number of ether oxygens (including phenoxy) is 3. The lowest BCUT2D eigenvalue weighted by Gasteiger charge is -2.37. The molecule has 2 heterocycles. The van der Waals surface area contributed by atoms with Crippen molar-refractivity contribution >= 4 is 21.6 Å². The molecule has 3 aromatic carbocycles. The number of methoxy groups -OCH3 is 1. The Hall–Kier alpha value is -3.67. The second-order valence-electron chi connectivity index (χ2n) is 9.51. The molecule has 0 radical (unpaired) electrons. The number of hydrogen-bond acceptors (Lipinski definition) is 7. The van der Waals surface area contributed by atoms with Crippen LogP contribution < -0.4 is 19.5 Å². The van der Waals surface area contributed by atoms with E-state index >= 15 is 0 Å². The summed E-state index contributed by atoms with van der Waals surface area (Å²) in [5.74, 6) is 0.0617. The molecular weight excluding hydrogens is 527 g/mol. The molecule has 1 fully saturated rings. The minimum absolute atomic E-state index is 0.0195. The number of amides is 1. The zero-order chi connectivity index (χ0) is 27.6. The summed E-state index contributed by atoms with van der Waals surface area (Å²) >= 11 is 0. The molecule has 0 spiro atoms. The fourth-order valence-corrected chi connectivity index (χ4v) is 6.13. The Morgan fingerprint density at radius 2 is 1.95 bits per heavy atom. The quantitative estimate of drug-likeness (QED) is 0.370. The fourth-order valence-electron chi connectivity index (χ4n) is 5.05. The van der Waals surface area contributed by atoms with Crippen molar-refractivity contribution in [3.8, 4) is 11.5 Å². The minimum Gasteiger partial charge on any atom is -0.497 e. The van der Waals surface area contributed by atoms with Gasteiger partial charge in [-0.15, -0.1) is 0 Å². The minimum atomic E-state index is -3.88. The van der Waals surface area contributed by atoms with Crippen LogP contribution in [0.3, 0.4) is 0 Å². The number of carbonyl (C=O) groups excluding carboxylic acids is 1. The third kappa shape index (κ3) is 5.85. The van der Waals surface area contributed by atoms with Gasteiger partial charge in [-0.2, -0.15) is 0 Å². The van der Waals surface area contributed by atoms with Gasteiger partial charge >= 0.3 is 0 Å². The lowest BCUT2D eigenvalue weighted by Crippen LogP contribution is -2.47. The van der Waals surface area contributed by atoms with Crippen LogP contribution in [-0.2, 0) is 26.1 Å². The van der Waals surface area contributed by atoms with Crippen LogP contribution in [0.1, 0.15) is 29.9 Å². The molecule has 4 atom stereocenters. The first kappa shape index (κ1) is 26.9. The van der Waals surface area contributed by atoms with Crippen molar-refractivity contribution in [2.24, 2.45) is 0 Å². The third-order valence-corrected chi connectivity index (χ3v) is 8.33. The van der Waals surface area contributed by atoms with Gasteiger partial charge in [0.1, 0.15) is 29.5 Å². The smallest absolute Gasteiger partial charge is 0.262 e. The van der Waals surface area contributed by atoms with Crippen molar-refractivity contribution in [1.82, 2.24) is 5.32 Å². The number of nitrogens with one attached hydrogen (secondary N) is 2. The van der Waals surface area contributed by atoms with Gasteiger partial charge in [0.2, 0.25) is 5.91 Å². The normalized spacial score (nSPS) is 21.8. The van der Waals surface area contributed by atoms with E-state index in [9.17, 15) is 22.7 Å². The van der Waals surface area contributed by atoms with Gasteiger partial charge in [-0.05, 0) is 42.8 Å². The van der Waals surface area contributed by atoms with Crippen molar-refractivity contribution in [2.75, 3.05) is 18.4 Å². The van der Waals surface area contributed by atoms with Crippen LogP contribution in [-0.4, -0.2) is 51.5 Å². The molecule has 206 valence electrons. The van der Waals surface area contributed by atoms with E-state index in [1.165, 1.54) is 25.3 Å². The number of aliphatic hydroxyl groups is 1. The maximum absolute atomic E-state index is 13.9. The molecule has 3 N–H and O–H groups in total. The van der Waals surface area contributed by atoms with E-state index in [0.29, 0.717) is 29.2 Å². The van der Waals surface area contributed by atoms with Gasteiger partial charge in [0.15, 0.2) is 0 Å². The first-order valence-corrected chi connectivity index (χ1v) is 14.0. The SMILES string of the molecule is COc1cccc(S(=O)(=O)Nc2ccc3c(c2)[C@@H]2C[C@H](CC(=O)NCc4ccccc4F)O[C@@H](CO)[C@@H]2O3)c1. The molecule has 9 nitrogen and oxygen atoms in total. The van der Waals surface area contributed by atoms with E-state index in [0.717, 1.165) is 5.56 Å². The maximum atomic E-state index is 13.9. The largest absolute Gasteiger partial charge is 0.497 e. The molecule has 1 amide bonds. The van der Waals surface area contributed by atoms with Gasteiger partial charge in [0.05, 0.1) is 31.1 Å². The summed E-state index contributed by atoms with van der Waals surface area (Å²) in [4.78, 5) is 12.7. The topological polar surface area (TPSA) is 123 Å². The van der Waals surface area contributed by atoms with E-state index in [-0.39, 0.29) is 36.3 Å². The summed E-state index contributed by atoms with van der Waals surface area (Å²) in [6.07, 6.45) is -1.22. The summed E-state index contributed by atoms with van der Waals surface area (Å²) < 4.78 is 59.7. The van der Waals surface area contributed by atoms with E-state index < -0.39 is 34.2 Å². The molecule has 0 bridgehead atoms. The number of benzene rings is 3. The van der Waals surface area contributed by atoms with Gasteiger partial charge in [-0.1, -0.05) is 24.3 Å². The lowest BCUT2D eigenvalue weighted by atomic mass is 9.84. The first-order valence-electron chi connectivity index (χ1n) is 12.5. The molecule has 11 heteroatoms. The van der Waals surface area contributed by atoms with Crippen molar-refractivity contribution < 1.29 is 36.9 Å². The molecule has 39 heavy (non-hydrogen) atoms. The van der Waals surface area contributed by atoms with Crippen LogP contribution in [0.5, 0.6) is 11.5 Å². The standard InChI is InChI=1S/C28H29FN2O7S/c1-36-19-6-4-7-21(12-19)39(34,35)31-18-9-10-25-22(11-18)23-13-20(37-26(16-32)28(23)38-25)14-27(33)30-15-17-5-2-3-8-24(17)29/h2-12,20,23,26,28,31-32H,13-16H2,1H3,(H,30,33)/t20-,23+,26+,28-/m1/s1. The Kier molecular flexibility index (Phi) is 7.74. The zero-order valence-corrected chi connectivity index (χ0v) is 22.0. The van der Waals surface area contributed by atoms with Gasteiger partial charge in [0.25, 0.3) is 10.0 Å². The molecule has 0 aromatic heterocycles. The Morgan fingerprint density at radius 1 is 1.13 bits per heavy atom. The Labute approximate surface area is 226 Å². The number of rotatable bonds is 9. The molecule has 2 aliphatic rings. The highest BCUT2D eigenvalue weighted by Crippen LogP contribution is 2.47. The van der Waals surface area contributed by atoms with E-state index in [2.05, 4.69) is 10.0 Å². The number of hydrogen-bond donors (Lipinski definition) is 3.